The maximum atomic E-state index is 6.00. The lowest BCUT2D eigenvalue weighted by atomic mass is 9.90. The number of hydrogen-bond donors (Lipinski definition) is 1. The highest BCUT2D eigenvalue weighted by molar-refractivity contribution is 5.52. The standard InChI is InChI=1S/C18H24N2O3/c1-11-13-8-15-16(22-10-21-15)9-14(13)17-18(23-17)20(11)7-4-12-2-5-19-6-3-12/h8-9,11-12,17-19H,2-7,10H2,1H3. The van der Waals surface area contributed by atoms with E-state index in [2.05, 4.69) is 29.3 Å². The first-order chi connectivity index (χ1) is 11.3. The van der Waals surface area contributed by atoms with E-state index >= 15 is 0 Å². The van der Waals surface area contributed by atoms with E-state index in [9.17, 15) is 0 Å². The van der Waals surface area contributed by atoms with Crippen molar-refractivity contribution in [2.24, 2.45) is 5.92 Å². The van der Waals surface area contributed by atoms with Gasteiger partial charge in [-0.2, -0.15) is 0 Å². The smallest absolute Gasteiger partial charge is 0.231 e. The number of nitrogens with zero attached hydrogens (tertiary/aromatic N) is 1. The minimum atomic E-state index is 0.226. The molecule has 4 heterocycles. The van der Waals surface area contributed by atoms with Crippen LogP contribution in [-0.4, -0.2) is 37.6 Å². The maximum absolute atomic E-state index is 6.00. The number of rotatable bonds is 3. The summed E-state index contributed by atoms with van der Waals surface area (Å²) in [7, 11) is 0. The molecule has 0 spiro atoms. The summed E-state index contributed by atoms with van der Waals surface area (Å²) in [6, 6.07) is 4.67. The summed E-state index contributed by atoms with van der Waals surface area (Å²) >= 11 is 0. The zero-order chi connectivity index (χ0) is 15.4. The highest BCUT2D eigenvalue weighted by Crippen LogP contribution is 2.54. The molecule has 124 valence electrons. The molecule has 5 nitrogen and oxygen atoms in total. The minimum Gasteiger partial charge on any atom is -0.454 e. The zero-order valence-electron chi connectivity index (χ0n) is 13.6. The van der Waals surface area contributed by atoms with Crippen LogP contribution in [0.1, 0.15) is 49.5 Å². The van der Waals surface area contributed by atoms with E-state index in [-0.39, 0.29) is 12.3 Å². The van der Waals surface area contributed by atoms with Crippen LogP contribution >= 0.6 is 0 Å². The molecule has 2 saturated heterocycles. The number of hydrogen-bond acceptors (Lipinski definition) is 5. The van der Waals surface area contributed by atoms with E-state index in [0.29, 0.717) is 12.8 Å². The average molecular weight is 316 g/mol. The third kappa shape index (κ3) is 2.33. The van der Waals surface area contributed by atoms with Gasteiger partial charge in [0.1, 0.15) is 12.3 Å². The third-order valence-electron chi connectivity index (χ3n) is 5.88. The summed E-state index contributed by atoms with van der Waals surface area (Å²) in [5.74, 6) is 2.61. The second-order valence-corrected chi connectivity index (χ2v) is 7.18. The Kier molecular flexibility index (Phi) is 3.28. The number of epoxide rings is 1. The molecule has 1 aromatic carbocycles. The van der Waals surface area contributed by atoms with Gasteiger partial charge >= 0.3 is 0 Å². The normalized spacial score (nSPS) is 32.5. The van der Waals surface area contributed by atoms with Crippen molar-refractivity contribution >= 4 is 0 Å². The van der Waals surface area contributed by atoms with Gasteiger partial charge in [-0.3, -0.25) is 4.90 Å². The number of fused-ring (bicyclic) bond motifs is 4. The molecule has 3 atom stereocenters. The lowest BCUT2D eigenvalue weighted by molar-refractivity contribution is 0.118. The van der Waals surface area contributed by atoms with Crippen molar-refractivity contribution in [2.75, 3.05) is 26.4 Å². The second-order valence-electron chi connectivity index (χ2n) is 7.18. The van der Waals surface area contributed by atoms with Gasteiger partial charge in [0.25, 0.3) is 0 Å². The Morgan fingerprint density at radius 3 is 2.65 bits per heavy atom. The van der Waals surface area contributed by atoms with Gasteiger partial charge in [-0.1, -0.05) is 0 Å². The van der Waals surface area contributed by atoms with Gasteiger partial charge in [0.15, 0.2) is 11.5 Å². The van der Waals surface area contributed by atoms with E-state index in [4.69, 9.17) is 14.2 Å². The summed E-state index contributed by atoms with van der Waals surface area (Å²) in [5.41, 5.74) is 2.64. The van der Waals surface area contributed by atoms with Crippen LogP contribution in [0, 0.1) is 5.92 Å². The first kappa shape index (κ1) is 14.1. The van der Waals surface area contributed by atoms with E-state index in [1.54, 1.807) is 0 Å². The molecule has 1 aromatic rings. The highest BCUT2D eigenvalue weighted by Gasteiger charge is 2.52. The molecule has 4 aliphatic heterocycles. The predicted molar refractivity (Wildman–Crippen MR) is 85.5 cm³/mol. The fourth-order valence-electron chi connectivity index (χ4n) is 4.39. The second kappa shape index (κ2) is 5.36. The topological polar surface area (TPSA) is 46.3 Å². The Morgan fingerprint density at radius 1 is 1.13 bits per heavy atom. The molecule has 0 bridgehead atoms. The SMILES string of the molecule is CC1c2cc3c(cc2C2OC2N1CCC1CCNCC1)OCO3. The van der Waals surface area contributed by atoms with E-state index < -0.39 is 0 Å². The van der Waals surface area contributed by atoms with Gasteiger partial charge in [-0.05, 0) is 68.5 Å². The van der Waals surface area contributed by atoms with Gasteiger partial charge < -0.3 is 19.5 Å². The quantitative estimate of drug-likeness (QED) is 0.869. The van der Waals surface area contributed by atoms with Crippen LogP contribution in [0.25, 0.3) is 0 Å². The summed E-state index contributed by atoms with van der Waals surface area (Å²) in [4.78, 5) is 2.54. The van der Waals surface area contributed by atoms with Crippen LogP contribution < -0.4 is 14.8 Å². The van der Waals surface area contributed by atoms with Crippen molar-refractivity contribution < 1.29 is 14.2 Å². The largest absolute Gasteiger partial charge is 0.454 e. The summed E-state index contributed by atoms with van der Waals surface area (Å²) in [5, 5.41) is 3.45. The van der Waals surface area contributed by atoms with Crippen molar-refractivity contribution in [1.29, 1.82) is 0 Å². The Morgan fingerprint density at radius 2 is 1.87 bits per heavy atom. The predicted octanol–water partition coefficient (Wildman–Crippen LogP) is 2.58. The Balaban J connectivity index is 1.35. The summed E-state index contributed by atoms with van der Waals surface area (Å²) < 4.78 is 17.1. The zero-order valence-corrected chi connectivity index (χ0v) is 13.6. The van der Waals surface area contributed by atoms with Crippen LogP contribution in [0.2, 0.25) is 0 Å². The van der Waals surface area contributed by atoms with Gasteiger partial charge in [0.2, 0.25) is 6.79 Å². The number of nitrogens with one attached hydrogen (secondary N) is 1. The van der Waals surface area contributed by atoms with Crippen molar-refractivity contribution in [3.63, 3.8) is 0 Å². The Hall–Kier alpha value is -1.30. The van der Waals surface area contributed by atoms with Gasteiger partial charge in [-0.15, -0.1) is 0 Å². The van der Waals surface area contributed by atoms with Crippen molar-refractivity contribution in [2.45, 2.75) is 44.6 Å². The van der Waals surface area contributed by atoms with E-state index in [0.717, 1.165) is 24.0 Å². The van der Waals surface area contributed by atoms with Crippen LogP contribution in [0.4, 0.5) is 0 Å². The molecule has 0 aromatic heterocycles. The summed E-state index contributed by atoms with van der Waals surface area (Å²) in [6.07, 6.45) is 4.39. The Labute approximate surface area is 136 Å². The molecule has 3 unspecified atom stereocenters. The molecular weight excluding hydrogens is 292 g/mol. The number of ether oxygens (including phenoxy) is 3. The molecule has 0 radical (unpaired) electrons. The van der Waals surface area contributed by atoms with Gasteiger partial charge in [-0.25, -0.2) is 0 Å². The molecule has 2 fully saturated rings. The van der Waals surface area contributed by atoms with Gasteiger partial charge in [0.05, 0.1) is 0 Å². The van der Waals surface area contributed by atoms with Crippen LogP contribution in [-0.2, 0) is 4.74 Å². The molecule has 4 aliphatic rings. The monoisotopic (exact) mass is 316 g/mol. The third-order valence-corrected chi connectivity index (χ3v) is 5.88. The number of benzene rings is 1. The summed E-state index contributed by atoms with van der Waals surface area (Å²) in [6.45, 7) is 6.10. The van der Waals surface area contributed by atoms with Crippen molar-refractivity contribution in [3.8, 4) is 11.5 Å². The average Bonchev–Trinajstić information content (AvgIpc) is 3.24. The molecule has 0 amide bonds. The lowest BCUT2D eigenvalue weighted by Crippen LogP contribution is -2.36. The Bertz CT molecular complexity index is 615. The molecule has 0 aliphatic carbocycles. The maximum Gasteiger partial charge on any atom is 0.231 e. The lowest BCUT2D eigenvalue weighted by Gasteiger charge is -2.34. The van der Waals surface area contributed by atoms with Crippen molar-refractivity contribution in [1.82, 2.24) is 10.2 Å². The highest BCUT2D eigenvalue weighted by atomic mass is 16.7. The van der Waals surface area contributed by atoms with E-state index in [1.165, 1.54) is 43.5 Å². The molecule has 23 heavy (non-hydrogen) atoms. The van der Waals surface area contributed by atoms with Crippen molar-refractivity contribution in [3.05, 3.63) is 23.3 Å². The van der Waals surface area contributed by atoms with Gasteiger partial charge in [0, 0.05) is 12.6 Å². The fraction of sp³-hybridized carbons (Fsp3) is 0.667. The first-order valence-corrected chi connectivity index (χ1v) is 8.86. The molecule has 5 rings (SSSR count). The van der Waals surface area contributed by atoms with E-state index in [1.807, 2.05) is 0 Å². The first-order valence-electron chi connectivity index (χ1n) is 8.86. The fourth-order valence-corrected chi connectivity index (χ4v) is 4.39. The molecule has 0 saturated carbocycles. The molecular formula is C18H24N2O3. The number of piperidine rings is 1. The minimum absolute atomic E-state index is 0.226. The van der Waals surface area contributed by atoms with Crippen LogP contribution in [0.3, 0.4) is 0 Å². The van der Waals surface area contributed by atoms with Crippen LogP contribution in [0.15, 0.2) is 12.1 Å². The molecule has 5 heteroatoms. The molecule has 1 N–H and O–H groups in total. The van der Waals surface area contributed by atoms with Crippen LogP contribution in [0.5, 0.6) is 11.5 Å².